The molecule has 0 unspecified atom stereocenters. The highest BCUT2D eigenvalue weighted by Crippen LogP contribution is 2.48. The zero-order valence-corrected chi connectivity index (χ0v) is 16.6. The fourth-order valence-electron chi connectivity index (χ4n) is 3.54. The molecule has 1 N–H and O–H groups in total. The molecule has 2 aromatic heterocycles. The van der Waals surface area contributed by atoms with Gasteiger partial charge in [-0.1, -0.05) is 6.07 Å². The lowest BCUT2D eigenvalue weighted by atomic mass is 9.95. The number of carboxylic acid groups (broad SMARTS) is 1. The van der Waals surface area contributed by atoms with Gasteiger partial charge in [0.25, 0.3) is 0 Å². The van der Waals surface area contributed by atoms with Gasteiger partial charge in [0.2, 0.25) is 0 Å². The standard InChI is InChI=1S/C19H16BrNO4S/c1-24-14-9-11-10(16(20)18(14)25-2)5-6-21-13(19(22)23)8-12(17(11)21)15-4-3-7-26-15/h3-4,7-9H,5-6H2,1-2H3,(H,22,23). The molecular formula is C19H16BrNO4S. The van der Waals surface area contributed by atoms with Crippen molar-refractivity contribution < 1.29 is 19.4 Å². The number of carbonyl (C=O) groups is 1. The van der Waals surface area contributed by atoms with Gasteiger partial charge in [-0.05, 0) is 51.5 Å². The molecule has 4 rings (SSSR count). The van der Waals surface area contributed by atoms with E-state index in [9.17, 15) is 9.90 Å². The second kappa shape index (κ2) is 6.48. The molecule has 5 nitrogen and oxygen atoms in total. The van der Waals surface area contributed by atoms with Gasteiger partial charge in [-0.3, -0.25) is 0 Å². The molecule has 134 valence electrons. The lowest BCUT2D eigenvalue weighted by Gasteiger charge is -2.25. The van der Waals surface area contributed by atoms with E-state index in [1.165, 1.54) is 0 Å². The lowest BCUT2D eigenvalue weighted by Crippen LogP contribution is -2.16. The summed E-state index contributed by atoms with van der Waals surface area (Å²) in [6.07, 6.45) is 0.710. The molecule has 7 heteroatoms. The van der Waals surface area contributed by atoms with E-state index in [0.29, 0.717) is 30.2 Å². The van der Waals surface area contributed by atoms with Crippen LogP contribution in [0, 0.1) is 0 Å². The van der Waals surface area contributed by atoms with Crippen molar-refractivity contribution in [3.05, 3.63) is 45.4 Å². The fraction of sp³-hybridized carbons (Fsp3) is 0.211. The number of aromatic nitrogens is 1. The Morgan fingerprint density at radius 3 is 2.69 bits per heavy atom. The number of carboxylic acids is 1. The van der Waals surface area contributed by atoms with Crippen LogP contribution in [0.5, 0.6) is 11.5 Å². The summed E-state index contributed by atoms with van der Waals surface area (Å²) >= 11 is 5.25. The Balaban J connectivity index is 2.06. The van der Waals surface area contributed by atoms with Gasteiger partial charge in [-0.25, -0.2) is 4.79 Å². The summed E-state index contributed by atoms with van der Waals surface area (Å²) in [4.78, 5) is 12.8. The average Bonchev–Trinajstić information content (AvgIpc) is 3.28. The van der Waals surface area contributed by atoms with Crippen molar-refractivity contribution in [1.29, 1.82) is 0 Å². The smallest absolute Gasteiger partial charge is 0.352 e. The number of fused-ring (bicyclic) bond motifs is 3. The van der Waals surface area contributed by atoms with Crippen LogP contribution in [-0.4, -0.2) is 29.9 Å². The largest absolute Gasteiger partial charge is 0.493 e. The van der Waals surface area contributed by atoms with Crippen molar-refractivity contribution in [1.82, 2.24) is 4.57 Å². The maximum absolute atomic E-state index is 11.8. The van der Waals surface area contributed by atoms with Crippen LogP contribution >= 0.6 is 27.3 Å². The van der Waals surface area contributed by atoms with Crippen molar-refractivity contribution >= 4 is 33.2 Å². The molecule has 3 heterocycles. The second-order valence-corrected chi connectivity index (χ2v) is 7.67. The van der Waals surface area contributed by atoms with E-state index in [0.717, 1.165) is 31.7 Å². The first-order valence-corrected chi connectivity index (χ1v) is 9.68. The molecule has 1 aliphatic heterocycles. The van der Waals surface area contributed by atoms with E-state index in [1.807, 2.05) is 28.1 Å². The Labute approximate surface area is 162 Å². The first kappa shape index (κ1) is 17.2. The average molecular weight is 434 g/mol. The number of rotatable bonds is 4. The van der Waals surface area contributed by atoms with Crippen LogP contribution in [0.1, 0.15) is 16.1 Å². The normalized spacial score (nSPS) is 12.4. The van der Waals surface area contributed by atoms with Crippen LogP contribution in [-0.2, 0) is 13.0 Å². The number of benzene rings is 1. The summed E-state index contributed by atoms with van der Waals surface area (Å²) in [6.45, 7) is 0.601. The van der Waals surface area contributed by atoms with E-state index in [4.69, 9.17) is 9.47 Å². The van der Waals surface area contributed by atoms with Crippen LogP contribution < -0.4 is 9.47 Å². The molecule has 0 saturated heterocycles. The van der Waals surface area contributed by atoms with Gasteiger partial charge < -0.3 is 19.1 Å². The van der Waals surface area contributed by atoms with Crippen LogP contribution in [0.3, 0.4) is 0 Å². The molecule has 1 aromatic carbocycles. The molecule has 0 atom stereocenters. The van der Waals surface area contributed by atoms with Crippen LogP contribution in [0.4, 0.5) is 0 Å². The number of hydrogen-bond acceptors (Lipinski definition) is 4. The number of ether oxygens (including phenoxy) is 2. The first-order valence-electron chi connectivity index (χ1n) is 8.01. The molecule has 0 amide bonds. The van der Waals surface area contributed by atoms with E-state index >= 15 is 0 Å². The van der Waals surface area contributed by atoms with Gasteiger partial charge in [0.1, 0.15) is 5.69 Å². The summed E-state index contributed by atoms with van der Waals surface area (Å²) in [6, 6.07) is 7.69. The van der Waals surface area contributed by atoms with E-state index in [-0.39, 0.29) is 0 Å². The van der Waals surface area contributed by atoms with E-state index in [1.54, 1.807) is 31.6 Å². The van der Waals surface area contributed by atoms with Crippen molar-refractivity contribution in [3.63, 3.8) is 0 Å². The van der Waals surface area contributed by atoms with Gasteiger partial charge in [0.05, 0.1) is 24.4 Å². The van der Waals surface area contributed by atoms with E-state index in [2.05, 4.69) is 15.9 Å². The highest BCUT2D eigenvalue weighted by molar-refractivity contribution is 9.10. The molecule has 3 aromatic rings. The maximum atomic E-state index is 11.8. The minimum Gasteiger partial charge on any atom is -0.493 e. The van der Waals surface area contributed by atoms with Gasteiger partial charge in [-0.15, -0.1) is 11.3 Å². The zero-order valence-electron chi connectivity index (χ0n) is 14.2. The number of halogens is 1. The number of methoxy groups -OCH3 is 2. The fourth-order valence-corrected chi connectivity index (χ4v) is 5.05. The molecule has 1 aliphatic rings. The highest BCUT2D eigenvalue weighted by atomic mass is 79.9. The van der Waals surface area contributed by atoms with Gasteiger partial charge in [-0.2, -0.15) is 0 Å². The Bertz CT molecular complexity index is 1010. The van der Waals surface area contributed by atoms with Crippen molar-refractivity contribution in [2.75, 3.05) is 14.2 Å². The lowest BCUT2D eigenvalue weighted by molar-refractivity contribution is 0.0685. The van der Waals surface area contributed by atoms with Crippen LogP contribution in [0.15, 0.2) is 34.1 Å². The molecule has 0 radical (unpaired) electrons. The van der Waals surface area contributed by atoms with Gasteiger partial charge >= 0.3 is 5.97 Å². The number of hydrogen-bond donors (Lipinski definition) is 1. The van der Waals surface area contributed by atoms with Crippen molar-refractivity contribution in [3.8, 4) is 33.2 Å². The molecular weight excluding hydrogens is 418 g/mol. The Kier molecular flexibility index (Phi) is 4.28. The topological polar surface area (TPSA) is 60.7 Å². The second-order valence-electron chi connectivity index (χ2n) is 5.93. The highest BCUT2D eigenvalue weighted by Gasteiger charge is 2.30. The minimum atomic E-state index is -0.919. The summed E-state index contributed by atoms with van der Waals surface area (Å²) in [5.74, 6) is 0.348. The van der Waals surface area contributed by atoms with Crippen molar-refractivity contribution in [2.45, 2.75) is 13.0 Å². The summed E-state index contributed by atoms with van der Waals surface area (Å²) in [7, 11) is 3.21. The first-order chi connectivity index (χ1) is 12.6. The zero-order chi connectivity index (χ0) is 18.4. The number of thiophene rings is 1. The summed E-state index contributed by atoms with van der Waals surface area (Å²) < 4.78 is 13.7. The van der Waals surface area contributed by atoms with Crippen LogP contribution in [0.2, 0.25) is 0 Å². The molecule has 0 spiro atoms. The van der Waals surface area contributed by atoms with Gasteiger partial charge in [0, 0.05) is 22.5 Å². The maximum Gasteiger partial charge on any atom is 0.352 e. The van der Waals surface area contributed by atoms with Crippen molar-refractivity contribution in [2.24, 2.45) is 0 Å². The quantitative estimate of drug-likeness (QED) is 0.634. The number of nitrogens with zero attached hydrogens (tertiary/aromatic N) is 1. The van der Waals surface area contributed by atoms with Crippen LogP contribution in [0.25, 0.3) is 21.7 Å². The Morgan fingerprint density at radius 1 is 1.27 bits per heavy atom. The van der Waals surface area contributed by atoms with Gasteiger partial charge in [0.15, 0.2) is 11.5 Å². The SMILES string of the molecule is COc1cc2c(c(Br)c1OC)CCn1c(C(=O)O)cc(-c3cccs3)c1-2. The minimum absolute atomic E-state index is 0.306. The third-order valence-electron chi connectivity index (χ3n) is 4.66. The van der Waals surface area contributed by atoms with E-state index < -0.39 is 5.97 Å². The molecule has 0 aliphatic carbocycles. The molecule has 0 saturated carbocycles. The predicted molar refractivity (Wildman–Crippen MR) is 105 cm³/mol. The Hall–Kier alpha value is -2.25. The third kappa shape index (κ3) is 2.46. The number of aromatic carboxylic acids is 1. The third-order valence-corrected chi connectivity index (χ3v) is 6.40. The summed E-state index contributed by atoms with van der Waals surface area (Å²) in [5, 5.41) is 11.7. The predicted octanol–water partition coefficient (Wildman–Crippen LogP) is 4.92. The summed E-state index contributed by atoms with van der Waals surface area (Å²) in [5.41, 5.74) is 4.21. The monoisotopic (exact) mass is 433 g/mol. The molecule has 26 heavy (non-hydrogen) atoms. The molecule has 0 bridgehead atoms. The molecule has 0 fully saturated rings. The Morgan fingerprint density at radius 2 is 2.08 bits per heavy atom.